The molecule has 5 heteroatoms. The third-order valence-corrected chi connectivity index (χ3v) is 3.41. The quantitative estimate of drug-likeness (QED) is 0.823. The molecule has 3 rings (SSSR count). The van der Waals surface area contributed by atoms with Gasteiger partial charge in [0.05, 0.1) is 5.56 Å². The minimum absolute atomic E-state index is 0. The Hall–Kier alpha value is -1.52. The number of benzene rings is 2. The van der Waals surface area contributed by atoms with Crippen LogP contribution in [0.3, 0.4) is 0 Å². The summed E-state index contributed by atoms with van der Waals surface area (Å²) in [6, 6.07) is 11.3. The van der Waals surface area contributed by atoms with Crippen LogP contribution in [-0.2, 0) is 19.3 Å². The highest BCUT2D eigenvalue weighted by Gasteiger charge is 2.34. The summed E-state index contributed by atoms with van der Waals surface area (Å²) in [6.07, 6.45) is -4.33. The lowest BCUT2D eigenvalue weighted by molar-refractivity contribution is -0.137. The molecule has 1 N–H and O–H groups in total. The summed E-state index contributed by atoms with van der Waals surface area (Å²) in [7, 11) is 0. The highest BCUT2D eigenvalue weighted by Crippen LogP contribution is 2.39. The molecule has 1 heterocycles. The van der Waals surface area contributed by atoms with Crippen LogP contribution < -0.4 is 5.32 Å². The van der Waals surface area contributed by atoms with E-state index in [1.54, 1.807) is 12.1 Å². The average Bonchev–Trinajstić information content (AvgIpc) is 2.85. The van der Waals surface area contributed by atoms with Crippen molar-refractivity contribution in [2.75, 3.05) is 0 Å². The first-order chi connectivity index (χ1) is 9.07. The Labute approximate surface area is 121 Å². The number of fused-ring (bicyclic) bond motifs is 1. The average molecular weight is 300 g/mol. The van der Waals surface area contributed by atoms with Crippen LogP contribution >= 0.6 is 12.4 Å². The monoisotopic (exact) mass is 299 g/mol. The molecular weight excluding hydrogens is 287 g/mol. The Morgan fingerprint density at radius 1 is 0.850 bits per heavy atom. The van der Waals surface area contributed by atoms with E-state index in [-0.39, 0.29) is 18.0 Å². The van der Waals surface area contributed by atoms with E-state index in [2.05, 4.69) is 5.32 Å². The Bertz CT molecular complexity index is 623. The van der Waals surface area contributed by atoms with E-state index in [0.717, 1.165) is 23.7 Å². The predicted octanol–water partition coefficient (Wildman–Crippen LogP) is 4.40. The standard InChI is InChI=1S/C15H12F3N.ClH/c16-15(17,18)14-7-2-1-5-12(14)11-6-3-4-10-8-19-9-13(10)11;/h1-7,19H,8-9H2;1H. The van der Waals surface area contributed by atoms with Gasteiger partial charge in [0.2, 0.25) is 0 Å². The van der Waals surface area contributed by atoms with E-state index >= 15 is 0 Å². The molecule has 0 aliphatic carbocycles. The van der Waals surface area contributed by atoms with Crippen LogP contribution in [0.25, 0.3) is 11.1 Å². The van der Waals surface area contributed by atoms with Crippen molar-refractivity contribution in [3.8, 4) is 11.1 Å². The summed E-state index contributed by atoms with van der Waals surface area (Å²) >= 11 is 0. The molecule has 0 atom stereocenters. The van der Waals surface area contributed by atoms with E-state index in [1.807, 2.05) is 12.1 Å². The minimum Gasteiger partial charge on any atom is -0.309 e. The molecule has 0 radical (unpaired) electrons. The molecule has 2 aromatic rings. The van der Waals surface area contributed by atoms with Gasteiger partial charge in [0.15, 0.2) is 0 Å². The molecule has 0 spiro atoms. The lowest BCUT2D eigenvalue weighted by Gasteiger charge is -2.15. The molecular formula is C15H13ClF3N. The second-order valence-electron chi connectivity index (χ2n) is 4.59. The number of alkyl halides is 3. The molecule has 20 heavy (non-hydrogen) atoms. The lowest BCUT2D eigenvalue weighted by Crippen LogP contribution is -2.07. The van der Waals surface area contributed by atoms with Gasteiger partial charge in [-0.05, 0) is 28.3 Å². The topological polar surface area (TPSA) is 12.0 Å². The van der Waals surface area contributed by atoms with Gasteiger partial charge in [-0.15, -0.1) is 12.4 Å². The largest absolute Gasteiger partial charge is 0.417 e. The van der Waals surface area contributed by atoms with E-state index in [4.69, 9.17) is 0 Å². The van der Waals surface area contributed by atoms with Gasteiger partial charge in [0, 0.05) is 13.1 Å². The van der Waals surface area contributed by atoms with Gasteiger partial charge < -0.3 is 5.32 Å². The molecule has 1 aliphatic heterocycles. The van der Waals surface area contributed by atoms with E-state index < -0.39 is 11.7 Å². The van der Waals surface area contributed by atoms with Crippen LogP contribution in [0.2, 0.25) is 0 Å². The normalized spacial score (nSPS) is 13.8. The molecule has 0 fully saturated rings. The third kappa shape index (κ3) is 2.53. The zero-order chi connectivity index (χ0) is 13.5. The van der Waals surface area contributed by atoms with Crippen molar-refractivity contribution in [2.45, 2.75) is 19.3 Å². The summed E-state index contributed by atoms with van der Waals surface area (Å²) in [5.74, 6) is 0. The molecule has 0 amide bonds. The molecule has 1 aliphatic rings. The summed E-state index contributed by atoms with van der Waals surface area (Å²) in [5.41, 5.74) is 2.41. The maximum absolute atomic E-state index is 13.1. The van der Waals surface area contributed by atoms with Crippen LogP contribution in [0.4, 0.5) is 13.2 Å². The predicted molar refractivity (Wildman–Crippen MR) is 74.7 cm³/mol. The lowest BCUT2D eigenvalue weighted by atomic mass is 9.93. The summed E-state index contributed by atoms with van der Waals surface area (Å²) < 4.78 is 39.2. The fraction of sp³-hybridized carbons (Fsp3) is 0.200. The van der Waals surface area contributed by atoms with Gasteiger partial charge >= 0.3 is 6.18 Å². The first-order valence-corrected chi connectivity index (χ1v) is 6.05. The summed E-state index contributed by atoms with van der Waals surface area (Å²) in [5, 5.41) is 3.17. The Morgan fingerprint density at radius 2 is 1.55 bits per heavy atom. The minimum atomic E-state index is -4.33. The van der Waals surface area contributed by atoms with Gasteiger partial charge in [-0.2, -0.15) is 13.2 Å². The number of rotatable bonds is 1. The number of hydrogen-bond donors (Lipinski definition) is 1. The van der Waals surface area contributed by atoms with E-state index in [9.17, 15) is 13.2 Å². The Kier molecular flexibility index (Phi) is 4.06. The van der Waals surface area contributed by atoms with Crippen molar-refractivity contribution in [1.29, 1.82) is 0 Å². The van der Waals surface area contributed by atoms with Gasteiger partial charge in [0.1, 0.15) is 0 Å². The van der Waals surface area contributed by atoms with Gasteiger partial charge in [-0.25, -0.2) is 0 Å². The third-order valence-electron chi connectivity index (χ3n) is 3.41. The second kappa shape index (κ2) is 5.46. The van der Waals surface area contributed by atoms with Crippen molar-refractivity contribution < 1.29 is 13.2 Å². The zero-order valence-corrected chi connectivity index (χ0v) is 11.3. The van der Waals surface area contributed by atoms with Crippen LogP contribution in [0.15, 0.2) is 42.5 Å². The maximum atomic E-state index is 13.1. The molecule has 0 aromatic heterocycles. The Balaban J connectivity index is 0.00000147. The van der Waals surface area contributed by atoms with E-state index in [1.165, 1.54) is 12.1 Å². The zero-order valence-electron chi connectivity index (χ0n) is 10.5. The first-order valence-electron chi connectivity index (χ1n) is 6.05. The maximum Gasteiger partial charge on any atom is 0.417 e. The van der Waals surface area contributed by atoms with Gasteiger partial charge in [-0.1, -0.05) is 36.4 Å². The molecule has 0 saturated heterocycles. The number of hydrogen-bond acceptors (Lipinski definition) is 1. The fourth-order valence-corrected chi connectivity index (χ4v) is 2.55. The van der Waals surface area contributed by atoms with Gasteiger partial charge in [0.25, 0.3) is 0 Å². The van der Waals surface area contributed by atoms with Crippen LogP contribution in [0.1, 0.15) is 16.7 Å². The summed E-state index contributed by atoms with van der Waals surface area (Å²) in [6.45, 7) is 1.34. The van der Waals surface area contributed by atoms with Gasteiger partial charge in [-0.3, -0.25) is 0 Å². The smallest absolute Gasteiger partial charge is 0.309 e. The van der Waals surface area contributed by atoms with E-state index in [0.29, 0.717) is 12.1 Å². The van der Waals surface area contributed by atoms with Crippen molar-refractivity contribution in [1.82, 2.24) is 5.32 Å². The molecule has 106 valence electrons. The highest BCUT2D eigenvalue weighted by molar-refractivity contribution is 5.85. The van der Waals surface area contributed by atoms with Crippen molar-refractivity contribution >= 4 is 12.4 Å². The van der Waals surface area contributed by atoms with Crippen LogP contribution in [0, 0.1) is 0 Å². The summed E-state index contributed by atoms with van der Waals surface area (Å²) in [4.78, 5) is 0. The first kappa shape index (κ1) is 14.9. The van der Waals surface area contributed by atoms with Crippen LogP contribution in [-0.4, -0.2) is 0 Å². The van der Waals surface area contributed by atoms with Crippen molar-refractivity contribution in [3.63, 3.8) is 0 Å². The molecule has 0 bridgehead atoms. The van der Waals surface area contributed by atoms with Crippen molar-refractivity contribution in [2.24, 2.45) is 0 Å². The van der Waals surface area contributed by atoms with Crippen LogP contribution in [0.5, 0.6) is 0 Å². The second-order valence-corrected chi connectivity index (χ2v) is 4.59. The number of nitrogens with one attached hydrogen (secondary N) is 1. The number of halogens is 4. The van der Waals surface area contributed by atoms with Crippen molar-refractivity contribution in [3.05, 3.63) is 59.2 Å². The SMILES string of the molecule is Cl.FC(F)(F)c1ccccc1-c1cccc2c1CNC2. The molecule has 2 aromatic carbocycles. The fourth-order valence-electron chi connectivity index (χ4n) is 2.55. The molecule has 0 unspecified atom stereocenters. The molecule has 0 saturated carbocycles. The Morgan fingerprint density at radius 3 is 2.30 bits per heavy atom. The molecule has 1 nitrogen and oxygen atoms in total. The highest BCUT2D eigenvalue weighted by atomic mass is 35.5.